The number of ether oxygens (including phenoxy) is 2. The minimum atomic E-state index is -3.83. The van der Waals surface area contributed by atoms with Gasteiger partial charge in [0.05, 0.1) is 31.7 Å². The average Bonchev–Trinajstić information content (AvgIpc) is 2.77. The Balaban J connectivity index is 2.44. The zero-order chi connectivity index (χ0) is 14.9. The summed E-state index contributed by atoms with van der Waals surface area (Å²) in [6.07, 6.45) is 0. The van der Waals surface area contributed by atoms with Gasteiger partial charge in [-0.15, -0.1) is 0 Å². The average molecular weight is 303 g/mol. The summed E-state index contributed by atoms with van der Waals surface area (Å²) in [6.45, 7) is 3.56. The van der Waals surface area contributed by atoms with Crippen molar-refractivity contribution in [1.82, 2.24) is 14.5 Å². The number of rotatable bonds is 3. The molecule has 0 radical (unpaired) electrons. The summed E-state index contributed by atoms with van der Waals surface area (Å²) in [6, 6.07) is -0.965. The van der Waals surface area contributed by atoms with Gasteiger partial charge in [0.2, 0.25) is 10.0 Å². The molecule has 112 valence electrons. The largest absolute Gasteiger partial charge is 0.468 e. The predicted molar refractivity (Wildman–Crippen MR) is 68.6 cm³/mol. The first-order valence-corrected chi connectivity index (χ1v) is 7.52. The summed E-state index contributed by atoms with van der Waals surface area (Å²) in [4.78, 5) is 11.8. The fourth-order valence-corrected chi connectivity index (χ4v) is 4.12. The molecule has 1 aromatic rings. The summed E-state index contributed by atoms with van der Waals surface area (Å²) in [5.74, 6) is -0.632. The molecule has 20 heavy (non-hydrogen) atoms. The lowest BCUT2D eigenvalue weighted by Crippen LogP contribution is -2.53. The van der Waals surface area contributed by atoms with Crippen LogP contribution in [-0.4, -0.2) is 61.8 Å². The quantitative estimate of drug-likeness (QED) is 0.762. The third-order valence-electron chi connectivity index (χ3n) is 3.18. The Morgan fingerprint density at radius 3 is 2.75 bits per heavy atom. The number of methoxy groups -OCH3 is 1. The van der Waals surface area contributed by atoms with Gasteiger partial charge in [-0.05, 0) is 13.8 Å². The van der Waals surface area contributed by atoms with E-state index in [1.54, 1.807) is 13.8 Å². The van der Waals surface area contributed by atoms with Gasteiger partial charge >= 0.3 is 5.97 Å². The van der Waals surface area contributed by atoms with Crippen molar-refractivity contribution in [2.45, 2.75) is 24.8 Å². The van der Waals surface area contributed by atoms with Gasteiger partial charge in [-0.2, -0.15) is 9.40 Å². The Morgan fingerprint density at radius 2 is 2.20 bits per heavy atom. The summed E-state index contributed by atoms with van der Waals surface area (Å²) >= 11 is 0. The fourth-order valence-electron chi connectivity index (χ4n) is 2.24. The van der Waals surface area contributed by atoms with Gasteiger partial charge in [-0.1, -0.05) is 0 Å². The lowest BCUT2D eigenvalue weighted by Gasteiger charge is -2.32. The molecule has 0 saturated carbocycles. The van der Waals surface area contributed by atoms with Crippen molar-refractivity contribution in [2.24, 2.45) is 0 Å². The Bertz CT molecular complexity index is 590. The molecule has 0 amide bonds. The minimum Gasteiger partial charge on any atom is -0.468 e. The third kappa shape index (κ3) is 2.43. The van der Waals surface area contributed by atoms with Crippen molar-refractivity contribution in [2.75, 3.05) is 26.9 Å². The second-order valence-corrected chi connectivity index (χ2v) is 6.32. The first-order chi connectivity index (χ1) is 9.39. The van der Waals surface area contributed by atoms with Gasteiger partial charge in [0.1, 0.15) is 10.9 Å². The molecule has 2 rings (SSSR count). The second-order valence-electron chi connectivity index (χ2n) is 4.49. The molecule has 1 saturated heterocycles. The predicted octanol–water partition coefficient (Wildman–Crippen LogP) is -0.411. The van der Waals surface area contributed by atoms with Crippen molar-refractivity contribution in [3.8, 4) is 0 Å². The number of nitrogens with zero attached hydrogens (tertiary/aromatic N) is 2. The molecule has 1 atom stereocenters. The lowest BCUT2D eigenvalue weighted by atomic mass is 10.3. The van der Waals surface area contributed by atoms with E-state index in [2.05, 4.69) is 14.9 Å². The molecule has 1 aliphatic heterocycles. The molecular weight excluding hydrogens is 286 g/mol. The van der Waals surface area contributed by atoms with E-state index in [4.69, 9.17) is 4.74 Å². The Labute approximate surface area is 117 Å². The molecule has 2 heterocycles. The first-order valence-electron chi connectivity index (χ1n) is 6.08. The standard InChI is InChI=1S/C11H17N3O5S/c1-7-10(8(2)13-12-7)20(16,17)14-4-5-19-6-9(14)11(15)18-3/h9H,4-6H2,1-3H3,(H,12,13). The van der Waals surface area contributed by atoms with Gasteiger partial charge in [0.25, 0.3) is 0 Å². The van der Waals surface area contributed by atoms with E-state index in [9.17, 15) is 13.2 Å². The SMILES string of the molecule is COC(=O)C1COCCN1S(=O)(=O)c1c(C)n[nH]c1C. The smallest absolute Gasteiger partial charge is 0.326 e. The maximum absolute atomic E-state index is 12.7. The number of H-pyrrole nitrogens is 1. The molecule has 1 aromatic heterocycles. The van der Waals surface area contributed by atoms with Gasteiger partial charge in [0, 0.05) is 6.54 Å². The molecular formula is C11H17N3O5S. The molecule has 1 N–H and O–H groups in total. The van der Waals surface area contributed by atoms with E-state index in [0.717, 1.165) is 4.31 Å². The number of aromatic amines is 1. The van der Waals surface area contributed by atoms with Crippen molar-refractivity contribution in [3.63, 3.8) is 0 Å². The van der Waals surface area contributed by atoms with Crippen LogP contribution in [0.1, 0.15) is 11.4 Å². The number of hydrogen-bond donors (Lipinski definition) is 1. The number of carbonyl (C=O) groups is 1. The Hall–Kier alpha value is -1.45. The van der Waals surface area contributed by atoms with E-state index < -0.39 is 22.0 Å². The Kier molecular flexibility index (Phi) is 4.11. The number of carbonyl (C=O) groups excluding carboxylic acids is 1. The fraction of sp³-hybridized carbons (Fsp3) is 0.636. The van der Waals surface area contributed by atoms with E-state index in [1.165, 1.54) is 7.11 Å². The number of hydrogen-bond acceptors (Lipinski definition) is 6. The normalized spacial score (nSPS) is 20.9. The summed E-state index contributed by atoms with van der Waals surface area (Å²) < 4.78 is 36.4. The summed E-state index contributed by atoms with van der Waals surface area (Å²) in [7, 11) is -2.61. The van der Waals surface area contributed by atoms with Crippen LogP contribution in [0, 0.1) is 13.8 Å². The van der Waals surface area contributed by atoms with Gasteiger partial charge in [-0.25, -0.2) is 8.42 Å². The first kappa shape index (κ1) is 14.9. The van der Waals surface area contributed by atoms with E-state index in [1.807, 2.05) is 0 Å². The molecule has 1 unspecified atom stereocenters. The van der Waals surface area contributed by atoms with Gasteiger partial charge < -0.3 is 9.47 Å². The number of aryl methyl sites for hydroxylation is 2. The van der Waals surface area contributed by atoms with Crippen molar-refractivity contribution in [3.05, 3.63) is 11.4 Å². The summed E-state index contributed by atoms with van der Waals surface area (Å²) in [5.41, 5.74) is 0.815. The van der Waals surface area contributed by atoms with Crippen LogP contribution < -0.4 is 0 Å². The van der Waals surface area contributed by atoms with Crippen LogP contribution in [0.15, 0.2) is 4.90 Å². The van der Waals surface area contributed by atoms with Crippen molar-refractivity contribution < 1.29 is 22.7 Å². The third-order valence-corrected chi connectivity index (χ3v) is 5.35. The lowest BCUT2D eigenvalue weighted by molar-refractivity contribution is -0.149. The topological polar surface area (TPSA) is 102 Å². The van der Waals surface area contributed by atoms with Crippen LogP contribution in [0.3, 0.4) is 0 Å². The van der Waals surface area contributed by atoms with Crippen LogP contribution in [0.4, 0.5) is 0 Å². The van der Waals surface area contributed by atoms with Crippen LogP contribution >= 0.6 is 0 Å². The number of esters is 1. The molecule has 0 aliphatic carbocycles. The maximum Gasteiger partial charge on any atom is 0.326 e. The van der Waals surface area contributed by atoms with Crippen LogP contribution in [0.25, 0.3) is 0 Å². The van der Waals surface area contributed by atoms with E-state index >= 15 is 0 Å². The molecule has 8 nitrogen and oxygen atoms in total. The number of morpholine rings is 1. The highest BCUT2D eigenvalue weighted by molar-refractivity contribution is 7.89. The molecule has 0 spiro atoms. The number of aromatic nitrogens is 2. The zero-order valence-corrected chi connectivity index (χ0v) is 12.4. The monoisotopic (exact) mass is 303 g/mol. The van der Waals surface area contributed by atoms with E-state index in [-0.39, 0.29) is 24.7 Å². The van der Waals surface area contributed by atoms with Gasteiger partial charge in [0.15, 0.2) is 0 Å². The molecule has 0 bridgehead atoms. The maximum atomic E-state index is 12.7. The highest BCUT2D eigenvalue weighted by Gasteiger charge is 2.40. The summed E-state index contributed by atoms with van der Waals surface area (Å²) in [5, 5.41) is 6.53. The Morgan fingerprint density at radius 1 is 1.50 bits per heavy atom. The highest BCUT2D eigenvalue weighted by Crippen LogP contribution is 2.25. The second kappa shape index (κ2) is 5.51. The molecule has 1 fully saturated rings. The number of nitrogens with one attached hydrogen (secondary N) is 1. The van der Waals surface area contributed by atoms with Crippen molar-refractivity contribution >= 4 is 16.0 Å². The van der Waals surface area contributed by atoms with Crippen LogP contribution in [-0.2, 0) is 24.3 Å². The number of sulfonamides is 1. The zero-order valence-electron chi connectivity index (χ0n) is 11.5. The van der Waals surface area contributed by atoms with Gasteiger partial charge in [-0.3, -0.25) is 9.89 Å². The molecule has 9 heteroatoms. The van der Waals surface area contributed by atoms with E-state index in [0.29, 0.717) is 11.4 Å². The minimum absolute atomic E-state index is 0.0121. The molecule has 0 aromatic carbocycles. The van der Waals surface area contributed by atoms with Crippen molar-refractivity contribution in [1.29, 1.82) is 0 Å². The molecule has 1 aliphatic rings. The van der Waals surface area contributed by atoms with Crippen LogP contribution in [0.2, 0.25) is 0 Å². The van der Waals surface area contributed by atoms with Crippen LogP contribution in [0.5, 0.6) is 0 Å². The highest BCUT2D eigenvalue weighted by atomic mass is 32.2.